The van der Waals surface area contributed by atoms with Gasteiger partial charge in [0.25, 0.3) is 0 Å². The normalized spacial score (nSPS) is 10.5. The van der Waals surface area contributed by atoms with Crippen molar-refractivity contribution in [2.24, 2.45) is 0 Å². The van der Waals surface area contributed by atoms with Crippen LogP contribution >= 0.6 is 11.6 Å². The number of nitrogens with two attached hydrogens (primary N) is 1. The van der Waals surface area contributed by atoms with Crippen LogP contribution in [0.15, 0.2) is 24.4 Å². The average molecular weight is 252 g/mol. The molecule has 1 aromatic carbocycles. The first-order chi connectivity index (χ1) is 8.11. The van der Waals surface area contributed by atoms with Crippen molar-refractivity contribution in [1.29, 1.82) is 0 Å². The second kappa shape index (κ2) is 4.67. The molecule has 0 saturated carbocycles. The second-order valence-corrected chi connectivity index (χ2v) is 4.21. The Balaban J connectivity index is 2.33. The van der Waals surface area contributed by atoms with Gasteiger partial charge in [-0.15, -0.1) is 0 Å². The summed E-state index contributed by atoms with van der Waals surface area (Å²) < 4.78 is 7.12. The molecule has 0 spiro atoms. The number of methoxy groups -OCH3 is 1. The maximum absolute atomic E-state index is 5.96. The van der Waals surface area contributed by atoms with Crippen LogP contribution in [0.5, 0.6) is 5.75 Å². The van der Waals surface area contributed by atoms with E-state index in [1.165, 1.54) is 0 Å². The summed E-state index contributed by atoms with van der Waals surface area (Å²) in [7, 11) is 1.63. The van der Waals surface area contributed by atoms with E-state index in [0.717, 1.165) is 17.0 Å². The zero-order valence-electron chi connectivity index (χ0n) is 9.77. The Hall–Kier alpha value is -1.68. The van der Waals surface area contributed by atoms with Crippen molar-refractivity contribution in [2.75, 3.05) is 12.8 Å². The lowest BCUT2D eigenvalue weighted by Gasteiger charge is -2.10. The molecule has 0 aliphatic rings. The molecule has 2 aromatic rings. The van der Waals surface area contributed by atoms with Crippen molar-refractivity contribution in [3.05, 3.63) is 40.7 Å². The maximum atomic E-state index is 5.96. The number of ether oxygens (including phenoxy) is 1. The van der Waals surface area contributed by atoms with E-state index in [0.29, 0.717) is 17.3 Å². The topological polar surface area (TPSA) is 53.1 Å². The highest BCUT2D eigenvalue weighted by molar-refractivity contribution is 6.31. The van der Waals surface area contributed by atoms with Crippen molar-refractivity contribution in [3.8, 4) is 5.75 Å². The molecule has 4 nitrogen and oxygen atoms in total. The molecule has 0 bridgehead atoms. The molecule has 0 saturated heterocycles. The number of anilines is 1. The summed E-state index contributed by atoms with van der Waals surface area (Å²) >= 11 is 5.96. The van der Waals surface area contributed by atoms with E-state index < -0.39 is 0 Å². The van der Waals surface area contributed by atoms with E-state index in [1.54, 1.807) is 19.4 Å². The van der Waals surface area contributed by atoms with Crippen LogP contribution in [-0.4, -0.2) is 16.9 Å². The summed E-state index contributed by atoms with van der Waals surface area (Å²) in [5.41, 5.74) is 8.34. The molecule has 0 unspecified atom stereocenters. The summed E-state index contributed by atoms with van der Waals surface area (Å²) in [4.78, 5) is 0. The van der Waals surface area contributed by atoms with Gasteiger partial charge >= 0.3 is 0 Å². The highest BCUT2D eigenvalue weighted by atomic mass is 35.5. The van der Waals surface area contributed by atoms with Crippen molar-refractivity contribution in [2.45, 2.75) is 13.5 Å². The van der Waals surface area contributed by atoms with E-state index in [9.17, 15) is 0 Å². The Morgan fingerprint density at radius 1 is 1.47 bits per heavy atom. The van der Waals surface area contributed by atoms with Gasteiger partial charge in [0.15, 0.2) is 0 Å². The fraction of sp³-hybridized carbons (Fsp3) is 0.250. The summed E-state index contributed by atoms with van der Waals surface area (Å²) in [5.74, 6) is 0.760. The van der Waals surface area contributed by atoms with Crippen molar-refractivity contribution in [3.63, 3.8) is 0 Å². The number of hydrogen-bond donors (Lipinski definition) is 1. The predicted molar refractivity (Wildman–Crippen MR) is 68.5 cm³/mol. The number of nitrogens with zero attached hydrogens (tertiary/aromatic N) is 2. The Morgan fingerprint density at radius 3 is 2.82 bits per heavy atom. The minimum absolute atomic E-state index is 0.613. The monoisotopic (exact) mass is 251 g/mol. The smallest absolute Gasteiger partial charge is 0.125 e. The van der Waals surface area contributed by atoms with Gasteiger partial charge in [0.05, 0.1) is 30.6 Å². The lowest BCUT2D eigenvalue weighted by molar-refractivity contribution is 0.407. The number of aromatic nitrogens is 2. The van der Waals surface area contributed by atoms with Crippen molar-refractivity contribution in [1.82, 2.24) is 9.78 Å². The number of rotatable bonds is 3. The molecule has 2 rings (SSSR count). The molecule has 1 aromatic heterocycles. The summed E-state index contributed by atoms with van der Waals surface area (Å²) in [6, 6.07) is 5.58. The Morgan fingerprint density at radius 2 is 2.24 bits per heavy atom. The van der Waals surface area contributed by atoms with E-state index in [4.69, 9.17) is 22.1 Å². The third-order valence-electron chi connectivity index (χ3n) is 2.67. The zero-order chi connectivity index (χ0) is 12.4. The van der Waals surface area contributed by atoms with E-state index >= 15 is 0 Å². The van der Waals surface area contributed by atoms with Gasteiger partial charge in [-0.3, -0.25) is 4.68 Å². The molecule has 0 atom stereocenters. The molecule has 0 fully saturated rings. The van der Waals surface area contributed by atoms with Crippen LogP contribution in [0.3, 0.4) is 0 Å². The Bertz CT molecular complexity index is 537. The molecule has 2 N–H and O–H groups in total. The van der Waals surface area contributed by atoms with Gasteiger partial charge in [0, 0.05) is 17.3 Å². The SMILES string of the molecule is COc1cc(N)ccc1Cn1ncc(Cl)c1C. The van der Waals surface area contributed by atoms with Crippen LogP contribution in [-0.2, 0) is 6.54 Å². The molecular weight excluding hydrogens is 238 g/mol. The van der Waals surface area contributed by atoms with Gasteiger partial charge in [-0.25, -0.2) is 0 Å². The maximum Gasteiger partial charge on any atom is 0.125 e. The van der Waals surface area contributed by atoms with Crippen LogP contribution in [0.25, 0.3) is 0 Å². The molecule has 0 radical (unpaired) electrons. The van der Waals surface area contributed by atoms with Crippen LogP contribution in [0.2, 0.25) is 5.02 Å². The largest absolute Gasteiger partial charge is 0.496 e. The van der Waals surface area contributed by atoms with E-state index in [-0.39, 0.29) is 0 Å². The molecule has 5 heteroatoms. The first-order valence-corrected chi connectivity index (χ1v) is 5.60. The lowest BCUT2D eigenvalue weighted by Crippen LogP contribution is -2.05. The number of nitrogen functional groups attached to an aromatic ring is 1. The molecular formula is C12H14ClN3O. The molecule has 1 heterocycles. The molecule has 17 heavy (non-hydrogen) atoms. The average Bonchev–Trinajstić information content (AvgIpc) is 2.63. The molecule has 0 aliphatic carbocycles. The van der Waals surface area contributed by atoms with Crippen LogP contribution in [0, 0.1) is 6.92 Å². The van der Waals surface area contributed by atoms with Crippen LogP contribution < -0.4 is 10.5 Å². The quantitative estimate of drug-likeness (QED) is 0.853. The number of halogens is 1. The second-order valence-electron chi connectivity index (χ2n) is 3.81. The molecule has 90 valence electrons. The van der Waals surface area contributed by atoms with Crippen molar-refractivity contribution < 1.29 is 4.74 Å². The Kier molecular flexibility index (Phi) is 3.24. The highest BCUT2D eigenvalue weighted by Gasteiger charge is 2.08. The standard InChI is InChI=1S/C12H14ClN3O/c1-8-11(13)6-15-16(8)7-9-3-4-10(14)5-12(9)17-2/h3-6H,7,14H2,1-2H3. The lowest BCUT2D eigenvalue weighted by atomic mass is 10.2. The van der Waals surface area contributed by atoms with Crippen LogP contribution in [0.4, 0.5) is 5.69 Å². The highest BCUT2D eigenvalue weighted by Crippen LogP contribution is 2.23. The predicted octanol–water partition coefficient (Wildman–Crippen LogP) is 2.48. The van der Waals surface area contributed by atoms with E-state index in [1.807, 2.05) is 23.7 Å². The van der Waals surface area contributed by atoms with Gasteiger partial charge in [-0.05, 0) is 13.0 Å². The third kappa shape index (κ3) is 2.36. The van der Waals surface area contributed by atoms with Gasteiger partial charge in [0.2, 0.25) is 0 Å². The first kappa shape index (κ1) is 11.8. The van der Waals surface area contributed by atoms with Gasteiger partial charge < -0.3 is 10.5 Å². The fourth-order valence-corrected chi connectivity index (χ4v) is 1.78. The third-order valence-corrected chi connectivity index (χ3v) is 3.05. The fourth-order valence-electron chi connectivity index (χ4n) is 1.64. The minimum atomic E-state index is 0.613. The van der Waals surface area contributed by atoms with Gasteiger partial charge in [-0.2, -0.15) is 5.10 Å². The first-order valence-electron chi connectivity index (χ1n) is 5.22. The Labute approximate surface area is 105 Å². The minimum Gasteiger partial charge on any atom is -0.496 e. The number of hydrogen-bond acceptors (Lipinski definition) is 3. The van der Waals surface area contributed by atoms with Crippen molar-refractivity contribution >= 4 is 17.3 Å². The van der Waals surface area contributed by atoms with Crippen LogP contribution in [0.1, 0.15) is 11.3 Å². The summed E-state index contributed by atoms with van der Waals surface area (Å²) in [6.45, 7) is 2.54. The molecule has 0 amide bonds. The zero-order valence-corrected chi connectivity index (χ0v) is 10.5. The molecule has 0 aliphatic heterocycles. The summed E-state index contributed by atoms with van der Waals surface area (Å²) in [6.07, 6.45) is 1.64. The number of benzene rings is 1. The van der Waals surface area contributed by atoms with Gasteiger partial charge in [0.1, 0.15) is 5.75 Å². The van der Waals surface area contributed by atoms with Gasteiger partial charge in [-0.1, -0.05) is 17.7 Å². The van der Waals surface area contributed by atoms with E-state index in [2.05, 4.69) is 5.10 Å². The summed E-state index contributed by atoms with van der Waals surface area (Å²) in [5, 5.41) is 4.87.